The van der Waals surface area contributed by atoms with Gasteiger partial charge in [-0.3, -0.25) is 11.3 Å². The van der Waals surface area contributed by atoms with Gasteiger partial charge in [0, 0.05) is 6.04 Å². The summed E-state index contributed by atoms with van der Waals surface area (Å²) in [7, 11) is 0. The minimum Gasteiger partial charge on any atom is -0.472 e. The first kappa shape index (κ1) is 8.78. The van der Waals surface area contributed by atoms with Crippen LogP contribution < -0.4 is 11.3 Å². The lowest BCUT2D eigenvalue weighted by atomic mass is 9.78. The molecule has 0 radical (unpaired) electrons. The van der Waals surface area contributed by atoms with Gasteiger partial charge in [0.1, 0.15) is 0 Å². The fourth-order valence-corrected chi connectivity index (χ4v) is 1.87. The number of furan rings is 1. The van der Waals surface area contributed by atoms with Crippen molar-refractivity contribution in [3.63, 3.8) is 0 Å². The van der Waals surface area contributed by atoms with E-state index in [9.17, 15) is 0 Å². The lowest BCUT2D eigenvalue weighted by molar-refractivity contribution is 0.228. The quantitative estimate of drug-likeness (QED) is 0.544. The zero-order valence-corrected chi connectivity index (χ0v) is 7.70. The highest BCUT2D eigenvalue weighted by atomic mass is 16.3. The minimum atomic E-state index is 0.423. The maximum Gasteiger partial charge on any atom is 0.0935 e. The molecule has 13 heavy (non-hydrogen) atoms. The van der Waals surface area contributed by atoms with Gasteiger partial charge in [-0.05, 0) is 36.8 Å². The van der Waals surface area contributed by atoms with Crippen LogP contribution in [0.1, 0.15) is 24.8 Å². The molecule has 1 aliphatic rings. The van der Waals surface area contributed by atoms with E-state index in [0.717, 1.165) is 12.3 Å². The predicted molar refractivity (Wildman–Crippen MR) is 50.9 cm³/mol. The van der Waals surface area contributed by atoms with E-state index in [4.69, 9.17) is 10.3 Å². The Bertz CT molecular complexity index is 241. The highest BCUT2D eigenvalue weighted by molar-refractivity contribution is 5.08. The number of rotatable bonds is 4. The normalized spacial score (nSPS) is 19.8. The summed E-state index contributed by atoms with van der Waals surface area (Å²) >= 11 is 0. The summed E-state index contributed by atoms with van der Waals surface area (Å²) in [5.74, 6) is 6.28. The fourth-order valence-electron chi connectivity index (χ4n) is 1.87. The van der Waals surface area contributed by atoms with Crippen molar-refractivity contribution in [2.24, 2.45) is 11.8 Å². The summed E-state index contributed by atoms with van der Waals surface area (Å²) < 4.78 is 5.02. The SMILES string of the molecule is NNC(Cc1ccoc1)C1CCC1. The molecule has 3 nitrogen and oxygen atoms in total. The molecule has 0 aliphatic heterocycles. The molecule has 1 heterocycles. The van der Waals surface area contributed by atoms with Crippen LogP contribution in [0.5, 0.6) is 0 Å². The maximum atomic E-state index is 5.52. The number of hydrogen-bond donors (Lipinski definition) is 2. The van der Waals surface area contributed by atoms with E-state index >= 15 is 0 Å². The highest BCUT2D eigenvalue weighted by Crippen LogP contribution is 2.30. The molecule has 72 valence electrons. The Morgan fingerprint density at radius 3 is 2.92 bits per heavy atom. The molecule has 1 saturated carbocycles. The molecule has 1 aromatic rings. The van der Waals surface area contributed by atoms with Gasteiger partial charge in [0.25, 0.3) is 0 Å². The van der Waals surface area contributed by atoms with Crippen molar-refractivity contribution in [2.45, 2.75) is 31.7 Å². The van der Waals surface area contributed by atoms with Gasteiger partial charge in [0.15, 0.2) is 0 Å². The van der Waals surface area contributed by atoms with Gasteiger partial charge in [-0.25, -0.2) is 0 Å². The number of nitrogens with two attached hydrogens (primary N) is 1. The van der Waals surface area contributed by atoms with Crippen molar-refractivity contribution >= 4 is 0 Å². The number of nitrogens with one attached hydrogen (secondary N) is 1. The van der Waals surface area contributed by atoms with E-state index in [0.29, 0.717) is 6.04 Å². The second kappa shape index (κ2) is 3.94. The Hall–Kier alpha value is -0.800. The van der Waals surface area contributed by atoms with Crippen molar-refractivity contribution in [3.8, 4) is 0 Å². The monoisotopic (exact) mass is 180 g/mol. The standard InChI is InChI=1S/C10H16N2O/c11-12-10(9-2-1-3-9)6-8-4-5-13-7-8/h4-5,7,9-10,12H,1-3,6,11H2. The van der Waals surface area contributed by atoms with Gasteiger partial charge in [-0.1, -0.05) is 6.42 Å². The first-order chi connectivity index (χ1) is 6.40. The molecule has 0 bridgehead atoms. The number of hydrazine groups is 1. The molecule has 1 fully saturated rings. The smallest absolute Gasteiger partial charge is 0.0935 e. The zero-order valence-electron chi connectivity index (χ0n) is 7.70. The molecule has 1 atom stereocenters. The molecule has 0 amide bonds. The summed E-state index contributed by atoms with van der Waals surface area (Å²) in [6.45, 7) is 0. The van der Waals surface area contributed by atoms with Crippen molar-refractivity contribution < 1.29 is 4.42 Å². The lowest BCUT2D eigenvalue weighted by Crippen LogP contribution is -2.44. The summed E-state index contributed by atoms with van der Waals surface area (Å²) in [6, 6.07) is 2.43. The molecule has 1 aromatic heterocycles. The molecule has 1 aliphatic carbocycles. The Morgan fingerprint density at radius 2 is 2.46 bits per heavy atom. The van der Waals surface area contributed by atoms with Crippen LogP contribution in [0, 0.1) is 5.92 Å². The summed E-state index contributed by atoms with van der Waals surface area (Å²) in [6.07, 6.45) is 8.47. The lowest BCUT2D eigenvalue weighted by Gasteiger charge is -2.33. The molecule has 1 unspecified atom stereocenters. The fraction of sp³-hybridized carbons (Fsp3) is 0.600. The van der Waals surface area contributed by atoms with Crippen LogP contribution in [-0.2, 0) is 6.42 Å². The Morgan fingerprint density at radius 1 is 1.62 bits per heavy atom. The van der Waals surface area contributed by atoms with Crippen LogP contribution in [-0.4, -0.2) is 6.04 Å². The van der Waals surface area contributed by atoms with E-state index in [1.807, 2.05) is 6.07 Å². The van der Waals surface area contributed by atoms with E-state index in [2.05, 4.69) is 5.43 Å². The molecular formula is C10H16N2O. The summed E-state index contributed by atoms with van der Waals surface area (Å²) in [5.41, 5.74) is 4.13. The van der Waals surface area contributed by atoms with E-state index < -0.39 is 0 Å². The van der Waals surface area contributed by atoms with E-state index in [1.54, 1.807) is 12.5 Å². The average molecular weight is 180 g/mol. The van der Waals surface area contributed by atoms with Crippen molar-refractivity contribution in [1.82, 2.24) is 5.43 Å². The Balaban J connectivity index is 1.90. The summed E-state index contributed by atoms with van der Waals surface area (Å²) in [4.78, 5) is 0. The Kier molecular flexibility index (Phi) is 2.66. The van der Waals surface area contributed by atoms with Crippen LogP contribution in [0.15, 0.2) is 23.0 Å². The van der Waals surface area contributed by atoms with Crippen molar-refractivity contribution in [1.29, 1.82) is 0 Å². The first-order valence-electron chi connectivity index (χ1n) is 4.87. The molecule has 0 spiro atoms. The second-order valence-electron chi connectivity index (χ2n) is 3.80. The largest absolute Gasteiger partial charge is 0.472 e. The molecule has 3 N–H and O–H groups in total. The minimum absolute atomic E-state index is 0.423. The predicted octanol–water partition coefficient (Wildman–Crippen LogP) is 1.45. The molecular weight excluding hydrogens is 164 g/mol. The topological polar surface area (TPSA) is 51.2 Å². The average Bonchev–Trinajstić information content (AvgIpc) is 2.52. The van der Waals surface area contributed by atoms with Gasteiger partial charge < -0.3 is 4.42 Å². The van der Waals surface area contributed by atoms with Crippen molar-refractivity contribution in [2.75, 3.05) is 0 Å². The zero-order chi connectivity index (χ0) is 9.10. The number of hydrogen-bond acceptors (Lipinski definition) is 3. The third-order valence-corrected chi connectivity index (χ3v) is 2.97. The first-order valence-corrected chi connectivity index (χ1v) is 4.87. The van der Waals surface area contributed by atoms with Crippen LogP contribution in [0.25, 0.3) is 0 Å². The van der Waals surface area contributed by atoms with E-state index in [1.165, 1.54) is 24.8 Å². The Labute approximate surface area is 78.3 Å². The van der Waals surface area contributed by atoms with Crippen LogP contribution >= 0.6 is 0 Å². The molecule has 3 heteroatoms. The summed E-state index contributed by atoms with van der Waals surface area (Å²) in [5, 5.41) is 0. The van der Waals surface area contributed by atoms with Crippen LogP contribution in [0.3, 0.4) is 0 Å². The van der Waals surface area contributed by atoms with Gasteiger partial charge in [0.2, 0.25) is 0 Å². The molecule has 0 saturated heterocycles. The maximum absolute atomic E-state index is 5.52. The molecule has 2 rings (SSSR count). The third-order valence-electron chi connectivity index (χ3n) is 2.97. The van der Waals surface area contributed by atoms with Crippen LogP contribution in [0.2, 0.25) is 0 Å². The third kappa shape index (κ3) is 1.92. The van der Waals surface area contributed by atoms with Gasteiger partial charge in [0.05, 0.1) is 12.5 Å². The second-order valence-corrected chi connectivity index (χ2v) is 3.80. The van der Waals surface area contributed by atoms with Crippen molar-refractivity contribution in [3.05, 3.63) is 24.2 Å². The van der Waals surface area contributed by atoms with Gasteiger partial charge in [-0.15, -0.1) is 0 Å². The van der Waals surface area contributed by atoms with Gasteiger partial charge >= 0.3 is 0 Å². The highest BCUT2D eigenvalue weighted by Gasteiger charge is 2.26. The molecule has 0 aromatic carbocycles. The van der Waals surface area contributed by atoms with Crippen LogP contribution in [0.4, 0.5) is 0 Å². The van der Waals surface area contributed by atoms with E-state index in [-0.39, 0.29) is 0 Å². The van der Waals surface area contributed by atoms with Gasteiger partial charge in [-0.2, -0.15) is 0 Å².